The number of esters is 1. The predicted octanol–water partition coefficient (Wildman–Crippen LogP) is 4.09. The lowest BCUT2D eigenvalue weighted by atomic mass is 10.1. The van der Waals surface area contributed by atoms with Crippen molar-refractivity contribution in [2.75, 3.05) is 6.61 Å². The Morgan fingerprint density at radius 3 is 2.82 bits per heavy atom. The summed E-state index contributed by atoms with van der Waals surface area (Å²) in [5.74, 6) is -0.252. The van der Waals surface area contributed by atoms with E-state index >= 15 is 0 Å². The SMILES string of the molecule is CCCC(=Cc1cccc(Cl)c1)COC(C)=O. The van der Waals surface area contributed by atoms with Crippen LogP contribution in [-0.4, -0.2) is 12.6 Å². The molecule has 1 aromatic carbocycles. The Morgan fingerprint density at radius 1 is 1.47 bits per heavy atom. The van der Waals surface area contributed by atoms with Crippen LogP contribution in [0.25, 0.3) is 6.08 Å². The summed E-state index contributed by atoms with van der Waals surface area (Å²) in [6, 6.07) is 7.62. The Hall–Kier alpha value is -1.28. The lowest BCUT2D eigenvalue weighted by Crippen LogP contribution is -2.03. The van der Waals surface area contributed by atoms with Gasteiger partial charge in [-0.3, -0.25) is 4.79 Å². The first-order valence-corrected chi connectivity index (χ1v) is 6.08. The Labute approximate surface area is 107 Å². The normalized spacial score (nSPS) is 11.4. The minimum atomic E-state index is -0.252. The van der Waals surface area contributed by atoms with Crippen LogP contribution in [0.15, 0.2) is 29.8 Å². The van der Waals surface area contributed by atoms with Crippen molar-refractivity contribution in [3.8, 4) is 0 Å². The number of halogens is 1. The van der Waals surface area contributed by atoms with E-state index in [0.29, 0.717) is 11.6 Å². The molecule has 0 heterocycles. The van der Waals surface area contributed by atoms with E-state index in [0.717, 1.165) is 24.0 Å². The first kappa shape index (κ1) is 13.8. The Balaban J connectivity index is 2.78. The highest BCUT2D eigenvalue weighted by atomic mass is 35.5. The molecule has 1 aromatic rings. The zero-order valence-corrected chi connectivity index (χ0v) is 11.0. The molecule has 0 aromatic heterocycles. The molecule has 2 nitrogen and oxygen atoms in total. The zero-order chi connectivity index (χ0) is 12.7. The molecular weight excluding hydrogens is 236 g/mol. The molecule has 0 aliphatic rings. The molecule has 0 spiro atoms. The van der Waals surface area contributed by atoms with Crippen LogP contribution < -0.4 is 0 Å². The Kier molecular flexibility index (Phi) is 5.78. The molecule has 0 atom stereocenters. The van der Waals surface area contributed by atoms with Gasteiger partial charge in [-0.05, 0) is 29.7 Å². The van der Waals surface area contributed by atoms with Crippen molar-refractivity contribution in [3.05, 3.63) is 40.4 Å². The van der Waals surface area contributed by atoms with Crippen LogP contribution in [0.4, 0.5) is 0 Å². The van der Waals surface area contributed by atoms with Gasteiger partial charge in [-0.25, -0.2) is 0 Å². The van der Waals surface area contributed by atoms with Crippen molar-refractivity contribution in [2.45, 2.75) is 26.7 Å². The molecule has 92 valence electrons. The standard InChI is InChI=1S/C14H17ClO2/c1-3-5-13(10-17-11(2)16)8-12-6-4-7-14(15)9-12/h4,6-9H,3,5,10H2,1-2H3. The van der Waals surface area contributed by atoms with E-state index in [1.54, 1.807) is 0 Å². The average molecular weight is 253 g/mol. The van der Waals surface area contributed by atoms with Crippen LogP contribution in [-0.2, 0) is 9.53 Å². The first-order chi connectivity index (χ1) is 8.11. The number of rotatable bonds is 5. The van der Waals surface area contributed by atoms with E-state index in [1.165, 1.54) is 6.92 Å². The predicted molar refractivity (Wildman–Crippen MR) is 71.0 cm³/mol. The topological polar surface area (TPSA) is 26.3 Å². The van der Waals surface area contributed by atoms with Gasteiger partial charge >= 0.3 is 5.97 Å². The van der Waals surface area contributed by atoms with Crippen molar-refractivity contribution >= 4 is 23.6 Å². The molecule has 17 heavy (non-hydrogen) atoms. The molecule has 0 amide bonds. The quantitative estimate of drug-likeness (QED) is 0.738. The summed E-state index contributed by atoms with van der Waals surface area (Å²) in [5, 5.41) is 0.710. The van der Waals surface area contributed by atoms with Crippen molar-refractivity contribution in [2.24, 2.45) is 0 Å². The number of hydrogen-bond acceptors (Lipinski definition) is 2. The summed E-state index contributed by atoms with van der Waals surface area (Å²) in [6.45, 7) is 3.87. The molecule has 0 bridgehead atoms. The maximum atomic E-state index is 10.8. The average Bonchev–Trinajstić information content (AvgIpc) is 2.26. The molecule has 0 N–H and O–H groups in total. The summed E-state index contributed by atoms with van der Waals surface area (Å²) in [4.78, 5) is 10.8. The van der Waals surface area contributed by atoms with Crippen molar-refractivity contribution in [1.82, 2.24) is 0 Å². The fraction of sp³-hybridized carbons (Fsp3) is 0.357. The molecule has 0 aliphatic carbocycles. The second kappa shape index (κ2) is 7.13. The van der Waals surface area contributed by atoms with Crippen LogP contribution in [0.5, 0.6) is 0 Å². The molecule has 0 saturated heterocycles. The van der Waals surface area contributed by atoms with Gasteiger partial charge in [0, 0.05) is 11.9 Å². The van der Waals surface area contributed by atoms with Crippen LogP contribution in [0.3, 0.4) is 0 Å². The Bertz CT molecular complexity index is 410. The third-order valence-electron chi connectivity index (χ3n) is 2.25. The third kappa shape index (κ3) is 5.55. The highest BCUT2D eigenvalue weighted by Crippen LogP contribution is 2.16. The van der Waals surface area contributed by atoms with E-state index in [-0.39, 0.29) is 5.97 Å². The fourth-order valence-electron chi connectivity index (χ4n) is 1.53. The van der Waals surface area contributed by atoms with Gasteiger partial charge in [-0.1, -0.05) is 43.2 Å². The Morgan fingerprint density at radius 2 is 2.24 bits per heavy atom. The van der Waals surface area contributed by atoms with Gasteiger partial charge in [0.1, 0.15) is 6.61 Å². The lowest BCUT2D eigenvalue weighted by Gasteiger charge is -2.07. The van der Waals surface area contributed by atoms with Crippen molar-refractivity contribution in [1.29, 1.82) is 0 Å². The van der Waals surface area contributed by atoms with Gasteiger partial charge in [0.05, 0.1) is 0 Å². The van der Waals surface area contributed by atoms with Crippen LogP contribution >= 0.6 is 11.6 Å². The van der Waals surface area contributed by atoms with E-state index in [1.807, 2.05) is 30.3 Å². The van der Waals surface area contributed by atoms with E-state index in [9.17, 15) is 4.79 Å². The summed E-state index contributed by atoms with van der Waals surface area (Å²) >= 11 is 5.92. The number of benzene rings is 1. The minimum absolute atomic E-state index is 0.252. The van der Waals surface area contributed by atoms with E-state index in [2.05, 4.69) is 6.92 Å². The van der Waals surface area contributed by atoms with Crippen LogP contribution in [0.1, 0.15) is 32.3 Å². The van der Waals surface area contributed by atoms with Crippen LogP contribution in [0, 0.1) is 0 Å². The monoisotopic (exact) mass is 252 g/mol. The maximum Gasteiger partial charge on any atom is 0.302 e. The van der Waals surface area contributed by atoms with Gasteiger partial charge in [0.2, 0.25) is 0 Å². The molecule has 0 saturated carbocycles. The van der Waals surface area contributed by atoms with Gasteiger partial charge in [0.15, 0.2) is 0 Å². The van der Waals surface area contributed by atoms with Crippen molar-refractivity contribution < 1.29 is 9.53 Å². The zero-order valence-electron chi connectivity index (χ0n) is 10.2. The highest BCUT2D eigenvalue weighted by molar-refractivity contribution is 6.30. The summed E-state index contributed by atoms with van der Waals surface area (Å²) in [6.07, 6.45) is 3.96. The lowest BCUT2D eigenvalue weighted by molar-refractivity contribution is -0.140. The fourth-order valence-corrected chi connectivity index (χ4v) is 1.73. The second-order valence-corrected chi connectivity index (χ2v) is 4.32. The van der Waals surface area contributed by atoms with Gasteiger partial charge in [-0.2, -0.15) is 0 Å². The molecule has 3 heteroatoms. The van der Waals surface area contributed by atoms with Crippen molar-refractivity contribution in [3.63, 3.8) is 0 Å². The molecule has 0 fully saturated rings. The van der Waals surface area contributed by atoms with Gasteiger partial charge in [-0.15, -0.1) is 0 Å². The number of hydrogen-bond donors (Lipinski definition) is 0. The molecular formula is C14H17ClO2. The molecule has 0 radical (unpaired) electrons. The molecule has 0 unspecified atom stereocenters. The van der Waals surface area contributed by atoms with Gasteiger partial charge < -0.3 is 4.74 Å². The maximum absolute atomic E-state index is 10.8. The van der Waals surface area contributed by atoms with E-state index < -0.39 is 0 Å². The first-order valence-electron chi connectivity index (χ1n) is 5.70. The third-order valence-corrected chi connectivity index (χ3v) is 2.49. The smallest absolute Gasteiger partial charge is 0.302 e. The largest absolute Gasteiger partial charge is 0.461 e. The number of carbonyl (C=O) groups is 1. The van der Waals surface area contributed by atoms with Gasteiger partial charge in [0.25, 0.3) is 0 Å². The molecule has 1 rings (SSSR count). The van der Waals surface area contributed by atoms with E-state index in [4.69, 9.17) is 16.3 Å². The number of ether oxygens (including phenoxy) is 1. The molecule has 0 aliphatic heterocycles. The highest BCUT2D eigenvalue weighted by Gasteiger charge is 2.00. The van der Waals surface area contributed by atoms with Crippen LogP contribution in [0.2, 0.25) is 5.02 Å². The summed E-state index contributed by atoms with van der Waals surface area (Å²) in [5.41, 5.74) is 2.14. The second-order valence-electron chi connectivity index (χ2n) is 3.89. The number of carbonyl (C=O) groups excluding carboxylic acids is 1. The summed E-state index contributed by atoms with van der Waals surface area (Å²) < 4.78 is 5.02. The minimum Gasteiger partial charge on any atom is -0.461 e. The summed E-state index contributed by atoms with van der Waals surface area (Å²) in [7, 11) is 0.